The molecule has 0 spiro atoms. The molecule has 2 aromatic rings. The van der Waals surface area contributed by atoms with Crippen molar-refractivity contribution in [2.75, 3.05) is 0 Å². The Bertz CT molecular complexity index is 549. The number of nitriles is 1. The summed E-state index contributed by atoms with van der Waals surface area (Å²) >= 11 is 0. The summed E-state index contributed by atoms with van der Waals surface area (Å²) in [7, 11) is 0. The Morgan fingerprint density at radius 1 is 1.40 bits per heavy atom. The average Bonchev–Trinajstić information content (AvgIpc) is 2.57. The molecular formula is C8H3F3N4. The van der Waals surface area contributed by atoms with Crippen LogP contribution in [-0.4, -0.2) is 14.6 Å². The molecule has 2 heterocycles. The zero-order valence-electron chi connectivity index (χ0n) is 7.15. The van der Waals surface area contributed by atoms with E-state index in [1.54, 1.807) is 6.07 Å². The molecule has 2 aromatic heterocycles. The van der Waals surface area contributed by atoms with Crippen LogP contribution >= 0.6 is 0 Å². The SMILES string of the molecule is N#Cc1cc2cnc(C(F)(F)F)nn2c1. The molecule has 0 amide bonds. The van der Waals surface area contributed by atoms with Crippen LogP contribution in [0.5, 0.6) is 0 Å². The summed E-state index contributed by atoms with van der Waals surface area (Å²) in [6.45, 7) is 0. The van der Waals surface area contributed by atoms with Gasteiger partial charge in [0.1, 0.15) is 6.07 Å². The molecule has 15 heavy (non-hydrogen) atoms. The van der Waals surface area contributed by atoms with Crippen LogP contribution in [-0.2, 0) is 6.18 Å². The molecule has 0 fully saturated rings. The lowest BCUT2D eigenvalue weighted by molar-refractivity contribution is -0.145. The minimum atomic E-state index is -4.58. The number of hydrogen-bond acceptors (Lipinski definition) is 3. The Hall–Kier alpha value is -2.10. The van der Waals surface area contributed by atoms with Crippen molar-refractivity contribution >= 4 is 5.52 Å². The maximum Gasteiger partial charge on any atom is 0.453 e. The van der Waals surface area contributed by atoms with E-state index in [-0.39, 0.29) is 5.56 Å². The third-order valence-electron chi connectivity index (χ3n) is 1.73. The number of aromatic nitrogens is 3. The molecule has 7 heteroatoms. The summed E-state index contributed by atoms with van der Waals surface area (Å²) in [6, 6.07) is 3.21. The Labute approximate surface area is 81.6 Å². The first-order chi connectivity index (χ1) is 7.00. The predicted molar refractivity (Wildman–Crippen MR) is 42.7 cm³/mol. The van der Waals surface area contributed by atoms with E-state index in [0.717, 1.165) is 10.7 Å². The van der Waals surface area contributed by atoms with Gasteiger partial charge in [0.05, 0.1) is 17.3 Å². The molecule has 0 saturated carbocycles. The molecule has 0 aliphatic carbocycles. The van der Waals surface area contributed by atoms with Crippen molar-refractivity contribution in [2.45, 2.75) is 6.18 Å². The third-order valence-corrected chi connectivity index (χ3v) is 1.73. The van der Waals surface area contributed by atoms with Crippen molar-refractivity contribution in [3.05, 3.63) is 29.8 Å². The first-order valence-corrected chi connectivity index (χ1v) is 3.83. The van der Waals surface area contributed by atoms with Crippen LogP contribution < -0.4 is 0 Å². The standard InChI is InChI=1S/C8H3F3N4/c9-8(10,11)7-13-3-6-1-5(2-12)4-15(6)14-7/h1,3-4H. The van der Waals surface area contributed by atoms with Crippen molar-refractivity contribution < 1.29 is 13.2 Å². The minimum Gasteiger partial charge on any atom is -0.236 e. The fraction of sp³-hybridized carbons (Fsp3) is 0.125. The highest BCUT2D eigenvalue weighted by molar-refractivity contribution is 5.50. The fourth-order valence-electron chi connectivity index (χ4n) is 1.10. The van der Waals surface area contributed by atoms with Gasteiger partial charge in [-0.3, -0.25) is 0 Å². The van der Waals surface area contributed by atoms with E-state index in [1.165, 1.54) is 12.3 Å². The highest BCUT2D eigenvalue weighted by Crippen LogP contribution is 2.25. The van der Waals surface area contributed by atoms with E-state index in [9.17, 15) is 13.2 Å². The van der Waals surface area contributed by atoms with Gasteiger partial charge in [-0.15, -0.1) is 5.10 Å². The van der Waals surface area contributed by atoms with Gasteiger partial charge in [-0.1, -0.05) is 0 Å². The van der Waals surface area contributed by atoms with Crippen molar-refractivity contribution in [3.63, 3.8) is 0 Å². The summed E-state index contributed by atoms with van der Waals surface area (Å²) < 4.78 is 37.6. The lowest BCUT2D eigenvalue weighted by atomic mass is 10.4. The van der Waals surface area contributed by atoms with Crippen LogP contribution in [0.4, 0.5) is 13.2 Å². The van der Waals surface area contributed by atoms with Crippen LogP contribution in [0.25, 0.3) is 5.52 Å². The van der Waals surface area contributed by atoms with Crippen LogP contribution in [0.2, 0.25) is 0 Å². The molecule has 0 aliphatic rings. The summed E-state index contributed by atoms with van der Waals surface area (Å²) in [5.41, 5.74) is 0.586. The van der Waals surface area contributed by atoms with Crippen LogP contribution in [0.15, 0.2) is 18.5 Å². The average molecular weight is 212 g/mol. The predicted octanol–water partition coefficient (Wildman–Crippen LogP) is 1.62. The molecule has 76 valence electrons. The number of hydrogen-bond donors (Lipinski definition) is 0. The summed E-state index contributed by atoms with van der Waals surface area (Å²) in [5, 5.41) is 11.8. The molecule has 0 atom stereocenters. The summed E-state index contributed by atoms with van der Waals surface area (Å²) in [6.07, 6.45) is -2.34. The smallest absolute Gasteiger partial charge is 0.236 e. The van der Waals surface area contributed by atoms with Crippen molar-refractivity contribution in [1.29, 1.82) is 5.26 Å². The first kappa shape index (κ1) is 9.45. The number of rotatable bonds is 0. The Balaban J connectivity index is 2.62. The second-order valence-corrected chi connectivity index (χ2v) is 2.79. The zero-order valence-corrected chi connectivity index (χ0v) is 7.15. The first-order valence-electron chi connectivity index (χ1n) is 3.83. The maximum absolute atomic E-state index is 12.2. The minimum absolute atomic E-state index is 0.239. The van der Waals surface area contributed by atoms with Gasteiger partial charge >= 0.3 is 6.18 Å². The molecule has 4 nitrogen and oxygen atoms in total. The second kappa shape index (κ2) is 2.95. The lowest BCUT2D eigenvalue weighted by Crippen LogP contribution is -2.12. The maximum atomic E-state index is 12.2. The van der Waals surface area contributed by atoms with Crippen molar-refractivity contribution in [3.8, 4) is 6.07 Å². The van der Waals surface area contributed by atoms with Gasteiger partial charge in [0.15, 0.2) is 0 Å². The molecule has 0 bridgehead atoms. The highest BCUT2D eigenvalue weighted by Gasteiger charge is 2.35. The monoisotopic (exact) mass is 212 g/mol. The van der Waals surface area contributed by atoms with Gasteiger partial charge in [-0.05, 0) is 6.07 Å². The third kappa shape index (κ3) is 1.61. The quantitative estimate of drug-likeness (QED) is 0.666. The van der Waals surface area contributed by atoms with Crippen molar-refractivity contribution in [2.24, 2.45) is 0 Å². The fourth-order valence-corrected chi connectivity index (χ4v) is 1.10. The van der Waals surface area contributed by atoms with Gasteiger partial charge < -0.3 is 0 Å². The Morgan fingerprint density at radius 3 is 2.73 bits per heavy atom. The molecular weight excluding hydrogens is 209 g/mol. The Kier molecular flexibility index (Phi) is 1.86. The van der Waals surface area contributed by atoms with Crippen LogP contribution in [0.3, 0.4) is 0 Å². The zero-order chi connectivity index (χ0) is 11.1. The number of fused-ring (bicyclic) bond motifs is 1. The molecule has 0 radical (unpaired) electrons. The normalized spacial score (nSPS) is 11.6. The Morgan fingerprint density at radius 2 is 2.13 bits per heavy atom. The molecule has 2 rings (SSSR count). The molecule has 0 aliphatic heterocycles. The van der Waals surface area contributed by atoms with Crippen molar-refractivity contribution in [1.82, 2.24) is 14.6 Å². The molecule has 0 N–H and O–H groups in total. The van der Waals surface area contributed by atoms with Crippen LogP contribution in [0, 0.1) is 11.3 Å². The number of alkyl halides is 3. The van der Waals surface area contributed by atoms with Gasteiger partial charge in [-0.2, -0.15) is 18.4 Å². The molecule has 0 saturated heterocycles. The second-order valence-electron chi connectivity index (χ2n) is 2.79. The van der Waals surface area contributed by atoms with Gasteiger partial charge in [0, 0.05) is 6.20 Å². The molecule has 0 unspecified atom stereocenters. The van der Waals surface area contributed by atoms with E-state index in [0.29, 0.717) is 5.52 Å². The number of nitrogens with zero attached hydrogens (tertiary/aromatic N) is 4. The summed E-state index contributed by atoms with van der Waals surface area (Å²) in [5.74, 6) is -1.23. The largest absolute Gasteiger partial charge is 0.453 e. The topological polar surface area (TPSA) is 54.0 Å². The van der Waals surface area contributed by atoms with E-state index in [1.807, 2.05) is 0 Å². The summed E-state index contributed by atoms with van der Waals surface area (Å²) in [4.78, 5) is 3.16. The van der Waals surface area contributed by atoms with Gasteiger partial charge in [0.2, 0.25) is 0 Å². The van der Waals surface area contributed by atoms with Crippen LogP contribution in [0.1, 0.15) is 11.4 Å². The van der Waals surface area contributed by atoms with E-state index < -0.39 is 12.0 Å². The van der Waals surface area contributed by atoms with E-state index >= 15 is 0 Å². The van der Waals surface area contributed by atoms with Gasteiger partial charge in [0.25, 0.3) is 5.82 Å². The van der Waals surface area contributed by atoms with E-state index in [4.69, 9.17) is 5.26 Å². The highest BCUT2D eigenvalue weighted by atomic mass is 19.4. The van der Waals surface area contributed by atoms with Gasteiger partial charge in [-0.25, -0.2) is 9.50 Å². The number of halogens is 3. The van der Waals surface area contributed by atoms with E-state index in [2.05, 4.69) is 10.1 Å². The lowest BCUT2D eigenvalue weighted by Gasteiger charge is -2.03. The molecule has 0 aromatic carbocycles.